The van der Waals surface area contributed by atoms with E-state index in [4.69, 9.17) is 11.6 Å². The van der Waals surface area contributed by atoms with Gasteiger partial charge in [-0.1, -0.05) is 29.8 Å². The predicted octanol–water partition coefficient (Wildman–Crippen LogP) is 5.47. The van der Waals surface area contributed by atoms with Crippen molar-refractivity contribution in [3.8, 4) is 0 Å². The van der Waals surface area contributed by atoms with Gasteiger partial charge in [-0.2, -0.15) is 0 Å². The molecule has 0 aliphatic carbocycles. The summed E-state index contributed by atoms with van der Waals surface area (Å²) in [7, 11) is 0. The first kappa shape index (κ1) is 17.7. The van der Waals surface area contributed by atoms with E-state index in [0.29, 0.717) is 12.1 Å². The number of thiophene rings is 1. The molecule has 0 unspecified atom stereocenters. The third-order valence-electron chi connectivity index (χ3n) is 4.27. The van der Waals surface area contributed by atoms with Crippen LogP contribution < -0.4 is 5.32 Å². The molecule has 0 bridgehead atoms. The molecule has 2 aromatic carbocycles. The lowest BCUT2D eigenvalue weighted by Gasteiger charge is -2.05. The van der Waals surface area contributed by atoms with Crippen LogP contribution in [-0.2, 0) is 13.0 Å². The molecule has 3 nitrogen and oxygen atoms in total. The lowest BCUT2D eigenvalue weighted by molar-refractivity contribution is 0.0951. The standard InChI is InChI=1S/C22H17ClN2OS/c23-18-5-1-3-15(11-18)12-19-7-8-20(27-19)14-25-22(26)17-6-9-21-16(13-17)4-2-10-24-21/h1-11,13H,12,14H2,(H,25,26). The molecular formula is C22H17ClN2OS. The number of aromatic nitrogens is 1. The van der Waals surface area contributed by atoms with E-state index >= 15 is 0 Å². The molecule has 1 N–H and O–H groups in total. The molecule has 4 aromatic rings. The lowest BCUT2D eigenvalue weighted by atomic mass is 10.1. The van der Waals surface area contributed by atoms with Gasteiger partial charge in [0.05, 0.1) is 12.1 Å². The number of carbonyl (C=O) groups is 1. The van der Waals surface area contributed by atoms with Crippen LogP contribution in [0.4, 0.5) is 0 Å². The van der Waals surface area contributed by atoms with Crippen LogP contribution in [0.3, 0.4) is 0 Å². The Morgan fingerprint density at radius 1 is 1.00 bits per heavy atom. The highest BCUT2D eigenvalue weighted by molar-refractivity contribution is 7.12. The van der Waals surface area contributed by atoms with E-state index in [2.05, 4.69) is 28.5 Å². The molecule has 4 rings (SSSR count). The van der Waals surface area contributed by atoms with Crippen LogP contribution in [0.25, 0.3) is 10.9 Å². The molecule has 1 amide bonds. The topological polar surface area (TPSA) is 42.0 Å². The number of hydrogen-bond acceptors (Lipinski definition) is 3. The molecule has 0 aliphatic rings. The minimum absolute atomic E-state index is 0.0782. The third kappa shape index (κ3) is 4.35. The Balaban J connectivity index is 1.39. The van der Waals surface area contributed by atoms with Crippen molar-refractivity contribution >= 4 is 39.7 Å². The number of fused-ring (bicyclic) bond motifs is 1. The van der Waals surface area contributed by atoms with Gasteiger partial charge in [-0.05, 0) is 54.1 Å². The Bertz CT molecular complexity index is 1110. The number of nitrogens with zero attached hydrogens (tertiary/aromatic N) is 1. The Hall–Kier alpha value is -2.69. The summed E-state index contributed by atoms with van der Waals surface area (Å²) in [6.45, 7) is 0.518. The fraction of sp³-hybridized carbons (Fsp3) is 0.0909. The first-order chi connectivity index (χ1) is 13.2. The predicted molar refractivity (Wildman–Crippen MR) is 111 cm³/mol. The molecule has 0 atom stereocenters. The van der Waals surface area contributed by atoms with Gasteiger partial charge in [-0.3, -0.25) is 9.78 Å². The number of benzene rings is 2. The van der Waals surface area contributed by atoms with Crippen molar-refractivity contribution < 1.29 is 4.79 Å². The summed E-state index contributed by atoms with van der Waals surface area (Å²) < 4.78 is 0. The van der Waals surface area contributed by atoms with Gasteiger partial charge in [0.2, 0.25) is 0 Å². The van der Waals surface area contributed by atoms with Crippen molar-refractivity contribution in [3.63, 3.8) is 0 Å². The van der Waals surface area contributed by atoms with Gasteiger partial charge < -0.3 is 5.32 Å². The summed E-state index contributed by atoms with van der Waals surface area (Å²) in [5.41, 5.74) is 2.72. The molecule has 0 fully saturated rings. The summed E-state index contributed by atoms with van der Waals surface area (Å²) >= 11 is 7.75. The maximum absolute atomic E-state index is 12.5. The number of rotatable bonds is 5. The molecule has 0 aliphatic heterocycles. The summed E-state index contributed by atoms with van der Waals surface area (Å²) in [5, 5.41) is 4.71. The molecule has 0 saturated heterocycles. The SMILES string of the molecule is O=C(NCc1ccc(Cc2cccc(Cl)c2)s1)c1ccc2ncccc2c1. The number of hydrogen-bond donors (Lipinski definition) is 1. The second kappa shape index (κ2) is 7.91. The largest absolute Gasteiger partial charge is 0.347 e. The van der Waals surface area contributed by atoms with E-state index in [1.54, 1.807) is 17.5 Å². The van der Waals surface area contributed by atoms with Gasteiger partial charge in [0.1, 0.15) is 0 Å². The first-order valence-electron chi connectivity index (χ1n) is 8.62. The quantitative estimate of drug-likeness (QED) is 0.489. The highest BCUT2D eigenvalue weighted by Crippen LogP contribution is 2.22. The minimum Gasteiger partial charge on any atom is -0.347 e. The number of nitrogens with one attached hydrogen (secondary N) is 1. The number of carbonyl (C=O) groups excluding carboxylic acids is 1. The number of amides is 1. The summed E-state index contributed by atoms with van der Waals surface area (Å²) in [4.78, 5) is 19.1. The van der Waals surface area contributed by atoms with Gasteiger partial charge >= 0.3 is 0 Å². The average molecular weight is 393 g/mol. The molecule has 0 spiro atoms. The van der Waals surface area contributed by atoms with E-state index in [9.17, 15) is 4.79 Å². The maximum atomic E-state index is 12.5. The van der Waals surface area contributed by atoms with Gasteiger partial charge in [0.25, 0.3) is 5.91 Å². The molecule has 5 heteroatoms. The fourth-order valence-electron chi connectivity index (χ4n) is 2.95. The molecule has 2 heterocycles. The Morgan fingerprint density at radius 3 is 2.78 bits per heavy atom. The van der Waals surface area contributed by atoms with Gasteiger partial charge in [-0.25, -0.2) is 0 Å². The van der Waals surface area contributed by atoms with Crippen LogP contribution in [0.2, 0.25) is 5.02 Å². The Labute approximate surface area is 166 Å². The summed E-state index contributed by atoms with van der Waals surface area (Å²) in [5.74, 6) is -0.0782. The van der Waals surface area contributed by atoms with Gasteiger partial charge in [0.15, 0.2) is 0 Å². The molecule has 0 saturated carbocycles. The van der Waals surface area contributed by atoms with Crippen LogP contribution in [0.5, 0.6) is 0 Å². The molecule has 27 heavy (non-hydrogen) atoms. The van der Waals surface area contributed by atoms with E-state index < -0.39 is 0 Å². The summed E-state index contributed by atoms with van der Waals surface area (Å²) in [6, 6.07) is 21.5. The van der Waals surface area contributed by atoms with Crippen molar-refractivity contribution in [3.05, 3.63) is 98.8 Å². The van der Waals surface area contributed by atoms with Crippen LogP contribution in [0.15, 0.2) is 72.9 Å². The molecule has 134 valence electrons. The van der Waals surface area contributed by atoms with Gasteiger partial charge in [-0.15, -0.1) is 11.3 Å². The van der Waals surface area contributed by atoms with Crippen molar-refractivity contribution in [2.45, 2.75) is 13.0 Å². The van der Waals surface area contributed by atoms with Crippen molar-refractivity contribution in [2.24, 2.45) is 0 Å². The highest BCUT2D eigenvalue weighted by atomic mass is 35.5. The van der Waals surface area contributed by atoms with E-state index in [1.807, 2.05) is 48.5 Å². The second-order valence-electron chi connectivity index (χ2n) is 6.27. The molecular weight excluding hydrogens is 376 g/mol. The van der Waals surface area contributed by atoms with Crippen LogP contribution in [0.1, 0.15) is 25.7 Å². The van der Waals surface area contributed by atoms with Crippen molar-refractivity contribution in [2.75, 3.05) is 0 Å². The van der Waals surface area contributed by atoms with Crippen molar-refractivity contribution in [1.29, 1.82) is 0 Å². The van der Waals surface area contributed by atoms with Crippen molar-refractivity contribution in [1.82, 2.24) is 10.3 Å². The highest BCUT2D eigenvalue weighted by Gasteiger charge is 2.08. The molecule has 2 aromatic heterocycles. The monoisotopic (exact) mass is 392 g/mol. The smallest absolute Gasteiger partial charge is 0.251 e. The lowest BCUT2D eigenvalue weighted by Crippen LogP contribution is -2.22. The minimum atomic E-state index is -0.0782. The second-order valence-corrected chi connectivity index (χ2v) is 7.96. The van der Waals surface area contributed by atoms with Crippen LogP contribution in [-0.4, -0.2) is 10.9 Å². The Kier molecular flexibility index (Phi) is 5.19. The average Bonchev–Trinajstić information content (AvgIpc) is 3.13. The maximum Gasteiger partial charge on any atom is 0.251 e. The number of pyridine rings is 1. The van der Waals surface area contributed by atoms with E-state index in [0.717, 1.165) is 27.2 Å². The van der Waals surface area contributed by atoms with Crippen LogP contribution in [0, 0.1) is 0 Å². The zero-order valence-electron chi connectivity index (χ0n) is 14.5. The number of halogens is 1. The normalized spacial score (nSPS) is 10.9. The zero-order chi connectivity index (χ0) is 18.6. The fourth-order valence-corrected chi connectivity index (χ4v) is 4.15. The summed E-state index contributed by atoms with van der Waals surface area (Å²) in [6.07, 6.45) is 2.59. The zero-order valence-corrected chi connectivity index (χ0v) is 16.1. The Morgan fingerprint density at radius 2 is 1.89 bits per heavy atom. The molecule has 0 radical (unpaired) electrons. The van der Waals surface area contributed by atoms with Gasteiger partial charge in [0, 0.05) is 38.3 Å². The third-order valence-corrected chi connectivity index (χ3v) is 5.59. The first-order valence-corrected chi connectivity index (χ1v) is 9.82. The van der Waals surface area contributed by atoms with Crippen LogP contribution >= 0.6 is 22.9 Å². The van der Waals surface area contributed by atoms with E-state index in [-0.39, 0.29) is 5.91 Å². The van der Waals surface area contributed by atoms with E-state index in [1.165, 1.54) is 10.4 Å².